The van der Waals surface area contributed by atoms with Crippen LogP contribution in [0.15, 0.2) is 18.2 Å². The molecule has 1 heterocycles. The molecule has 1 aliphatic rings. The van der Waals surface area contributed by atoms with Crippen LogP contribution in [0.5, 0.6) is 0 Å². The van der Waals surface area contributed by atoms with E-state index in [4.69, 9.17) is 17.3 Å². The predicted octanol–water partition coefficient (Wildman–Crippen LogP) is 0.437. The Labute approximate surface area is 133 Å². The second-order valence-corrected chi connectivity index (χ2v) is 7.45. The van der Waals surface area contributed by atoms with E-state index in [1.165, 1.54) is 29.6 Å². The Balaban J connectivity index is 2.27. The molecule has 0 aromatic heterocycles. The molecule has 1 aliphatic heterocycles. The topological polar surface area (TPSA) is 101 Å². The van der Waals surface area contributed by atoms with Gasteiger partial charge in [-0.2, -0.15) is 0 Å². The van der Waals surface area contributed by atoms with Crippen molar-refractivity contribution in [2.24, 2.45) is 5.73 Å². The van der Waals surface area contributed by atoms with Crippen molar-refractivity contribution >= 4 is 39.1 Å². The molecular formula is C13H16ClN3O4S. The zero-order chi connectivity index (χ0) is 16.5. The fraction of sp³-hybridized carbons (Fsp3) is 0.385. The number of anilines is 1. The molecule has 0 aliphatic carbocycles. The van der Waals surface area contributed by atoms with Crippen LogP contribution < -0.4 is 10.0 Å². The third-order valence-electron chi connectivity index (χ3n) is 3.31. The first-order valence-electron chi connectivity index (χ1n) is 6.56. The minimum atomic E-state index is -3.30. The average Bonchev–Trinajstić information content (AvgIpc) is 2.76. The lowest BCUT2D eigenvalue weighted by molar-refractivity contribution is -0.118. The highest BCUT2D eigenvalue weighted by atomic mass is 35.5. The van der Waals surface area contributed by atoms with Crippen molar-refractivity contribution in [2.75, 3.05) is 30.2 Å². The zero-order valence-electron chi connectivity index (χ0n) is 12.0. The lowest BCUT2D eigenvalue weighted by Gasteiger charge is -2.19. The summed E-state index contributed by atoms with van der Waals surface area (Å²) in [7, 11) is -1.87. The number of hydrogen-bond donors (Lipinski definition) is 1. The number of sulfonamides is 1. The number of halogens is 1. The molecule has 1 aromatic rings. The number of carbonyl (C=O) groups is 2. The summed E-state index contributed by atoms with van der Waals surface area (Å²) < 4.78 is 25.0. The number of rotatable bonds is 4. The Morgan fingerprint density at radius 3 is 2.59 bits per heavy atom. The summed E-state index contributed by atoms with van der Waals surface area (Å²) in [6, 6.07) is 4.42. The number of amides is 2. The SMILES string of the molecule is CN(CC(N)=O)C(=O)c1ccc(N2CCCS2(=O)=O)cc1Cl. The van der Waals surface area contributed by atoms with Crippen molar-refractivity contribution in [3.05, 3.63) is 28.8 Å². The first-order chi connectivity index (χ1) is 10.2. The van der Waals surface area contributed by atoms with E-state index in [2.05, 4.69) is 0 Å². The summed E-state index contributed by atoms with van der Waals surface area (Å²) in [5.74, 6) is -0.987. The van der Waals surface area contributed by atoms with Crippen molar-refractivity contribution in [1.29, 1.82) is 0 Å². The third kappa shape index (κ3) is 3.33. The highest BCUT2D eigenvalue weighted by molar-refractivity contribution is 7.93. The van der Waals surface area contributed by atoms with Gasteiger partial charge < -0.3 is 10.6 Å². The molecule has 0 radical (unpaired) electrons. The summed E-state index contributed by atoms with van der Waals surface area (Å²) in [6.07, 6.45) is 0.558. The van der Waals surface area contributed by atoms with Crippen molar-refractivity contribution in [1.82, 2.24) is 4.90 Å². The van der Waals surface area contributed by atoms with E-state index in [0.717, 1.165) is 4.90 Å². The van der Waals surface area contributed by atoms with Crippen LogP contribution in [0.4, 0.5) is 5.69 Å². The average molecular weight is 346 g/mol. The largest absolute Gasteiger partial charge is 0.368 e. The van der Waals surface area contributed by atoms with E-state index in [1.807, 2.05) is 0 Å². The zero-order valence-corrected chi connectivity index (χ0v) is 13.5. The number of benzene rings is 1. The predicted molar refractivity (Wildman–Crippen MR) is 83.4 cm³/mol. The van der Waals surface area contributed by atoms with Gasteiger partial charge in [0.2, 0.25) is 15.9 Å². The van der Waals surface area contributed by atoms with Gasteiger partial charge in [-0.05, 0) is 24.6 Å². The molecule has 0 atom stereocenters. The molecule has 1 saturated heterocycles. The monoisotopic (exact) mass is 345 g/mol. The van der Waals surface area contributed by atoms with Gasteiger partial charge >= 0.3 is 0 Å². The quantitative estimate of drug-likeness (QED) is 0.855. The van der Waals surface area contributed by atoms with E-state index in [9.17, 15) is 18.0 Å². The third-order valence-corrected chi connectivity index (χ3v) is 5.49. The van der Waals surface area contributed by atoms with Crippen molar-refractivity contribution in [3.8, 4) is 0 Å². The van der Waals surface area contributed by atoms with Gasteiger partial charge in [0, 0.05) is 13.6 Å². The summed E-state index contributed by atoms with van der Waals surface area (Å²) in [5.41, 5.74) is 5.66. The van der Waals surface area contributed by atoms with E-state index in [0.29, 0.717) is 18.7 Å². The molecule has 0 bridgehead atoms. The number of nitrogens with zero attached hydrogens (tertiary/aromatic N) is 2. The lowest BCUT2D eigenvalue weighted by Crippen LogP contribution is -2.35. The highest BCUT2D eigenvalue weighted by Gasteiger charge is 2.29. The second kappa shape index (κ2) is 6.13. The smallest absolute Gasteiger partial charge is 0.255 e. The molecule has 0 saturated carbocycles. The normalized spacial score (nSPS) is 16.5. The molecule has 0 spiro atoms. The van der Waals surface area contributed by atoms with Gasteiger partial charge in [0.05, 0.1) is 28.6 Å². The molecule has 120 valence electrons. The lowest BCUT2D eigenvalue weighted by atomic mass is 10.1. The number of carbonyl (C=O) groups excluding carboxylic acids is 2. The fourth-order valence-corrected chi connectivity index (χ4v) is 4.09. The van der Waals surface area contributed by atoms with Crippen LogP contribution in [-0.4, -0.2) is 51.0 Å². The summed E-state index contributed by atoms with van der Waals surface area (Å²) >= 11 is 6.09. The standard InChI is InChI=1S/C13H16ClN3O4S/c1-16(8-12(15)18)13(19)10-4-3-9(7-11(10)14)17-5-2-6-22(17,20)21/h3-4,7H,2,5-6,8H2,1H3,(H2,15,18). The molecule has 2 amide bonds. The van der Waals surface area contributed by atoms with Gasteiger partial charge in [-0.15, -0.1) is 0 Å². The number of nitrogens with two attached hydrogens (primary N) is 1. The Hall–Kier alpha value is -1.80. The van der Waals surface area contributed by atoms with Crippen molar-refractivity contribution < 1.29 is 18.0 Å². The Morgan fingerprint density at radius 2 is 2.09 bits per heavy atom. The van der Waals surface area contributed by atoms with Crippen molar-refractivity contribution in [3.63, 3.8) is 0 Å². The van der Waals surface area contributed by atoms with Gasteiger partial charge in [0.15, 0.2) is 0 Å². The maximum absolute atomic E-state index is 12.2. The molecule has 22 heavy (non-hydrogen) atoms. The van der Waals surface area contributed by atoms with E-state index in [-0.39, 0.29) is 22.9 Å². The van der Waals surface area contributed by atoms with Gasteiger partial charge in [-0.3, -0.25) is 13.9 Å². The van der Waals surface area contributed by atoms with Crippen LogP contribution in [0.2, 0.25) is 5.02 Å². The Bertz CT molecular complexity index is 720. The van der Waals surface area contributed by atoms with Crippen LogP contribution in [0, 0.1) is 0 Å². The number of likely N-dealkylation sites (N-methyl/N-ethyl adjacent to an activating group) is 1. The second-order valence-electron chi connectivity index (χ2n) is 5.03. The number of hydrogen-bond acceptors (Lipinski definition) is 4. The summed E-state index contributed by atoms with van der Waals surface area (Å²) in [6.45, 7) is 0.172. The van der Waals surface area contributed by atoms with Crippen LogP contribution >= 0.6 is 11.6 Å². The molecular weight excluding hydrogens is 330 g/mol. The van der Waals surface area contributed by atoms with Gasteiger partial charge in [-0.25, -0.2) is 8.42 Å². The van der Waals surface area contributed by atoms with E-state index in [1.54, 1.807) is 0 Å². The molecule has 2 N–H and O–H groups in total. The van der Waals surface area contributed by atoms with Gasteiger partial charge in [0.25, 0.3) is 5.91 Å². The van der Waals surface area contributed by atoms with Gasteiger partial charge in [0.1, 0.15) is 0 Å². The molecule has 2 rings (SSSR count). The van der Waals surface area contributed by atoms with E-state index < -0.39 is 21.8 Å². The molecule has 1 fully saturated rings. The Kier molecular flexibility index (Phi) is 4.62. The molecule has 7 nitrogen and oxygen atoms in total. The van der Waals surface area contributed by atoms with Crippen LogP contribution in [0.25, 0.3) is 0 Å². The fourth-order valence-electron chi connectivity index (χ4n) is 2.27. The maximum Gasteiger partial charge on any atom is 0.255 e. The summed E-state index contributed by atoms with van der Waals surface area (Å²) in [4.78, 5) is 24.2. The first-order valence-corrected chi connectivity index (χ1v) is 8.55. The summed E-state index contributed by atoms with van der Waals surface area (Å²) in [5, 5.41) is 0.126. The molecule has 9 heteroatoms. The number of primary amides is 1. The van der Waals surface area contributed by atoms with Gasteiger partial charge in [-0.1, -0.05) is 11.6 Å². The minimum absolute atomic E-state index is 0.104. The minimum Gasteiger partial charge on any atom is -0.368 e. The van der Waals surface area contributed by atoms with Crippen molar-refractivity contribution in [2.45, 2.75) is 6.42 Å². The molecule has 0 unspecified atom stereocenters. The first kappa shape index (κ1) is 16.6. The molecule has 1 aromatic carbocycles. The maximum atomic E-state index is 12.2. The van der Waals surface area contributed by atoms with Crippen LogP contribution in [0.3, 0.4) is 0 Å². The Morgan fingerprint density at radius 1 is 1.41 bits per heavy atom. The van der Waals surface area contributed by atoms with E-state index >= 15 is 0 Å². The highest BCUT2D eigenvalue weighted by Crippen LogP contribution is 2.29. The van der Waals surface area contributed by atoms with Crippen LogP contribution in [0.1, 0.15) is 16.8 Å². The van der Waals surface area contributed by atoms with Crippen LogP contribution in [-0.2, 0) is 14.8 Å².